The van der Waals surface area contributed by atoms with Gasteiger partial charge in [-0.3, -0.25) is 9.78 Å². The number of nitrogens with zero attached hydrogens (tertiary/aromatic N) is 2. The first-order valence-electron chi connectivity index (χ1n) is 8.91. The molecular formula is C21H20N2O4. The van der Waals surface area contributed by atoms with Crippen molar-refractivity contribution in [3.63, 3.8) is 0 Å². The number of carbonyl (C=O) groups is 1. The highest BCUT2D eigenvalue weighted by atomic mass is 16.6. The quantitative estimate of drug-likeness (QED) is 0.722. The number of aromatic nitrogens is 2. The fourth-order valence-electron chi connectivity index (χ4n) is 3.57. The third-order valence-corrected chi connectivity index (χ3v) is 5.27. The molecule has 27 heavy (non-hydrogen) atoms. The second-order valence-electron chi connectivity index (χ2n) is 6.86. The van der Waals surface area contributed by atoms with Gasteiger partial charge in [0.25, 0.3) is 5.56 Å². The van der Waals surface area contributed by atoms with E-state index in [9.17, 15) is 14.7 Å². The van der Waals surface area contributed by atoms with Crippen molar-refractivity contribution in [2.45, 2.75) is 39.0 Å². The number of benzene rings is 1. The van der Waals surface area contributed by atoms with Crippen LogP contribution in [0.15, 0.2) is 47.4 Å². The maximum absolute atomic E-state index is 12.9. The van der Waals surface area contributed by atoms with Gasteiger partial charge in [-0.2, -0.15) is 0 Å². The predicted molar refractivity (Wildman–Crippen MR) is 100 cm³/mol. The molecule has 1 aromatic carbocycles. The first kappa shape index (κ1) is 17.4. The smallest absolute Gasteiger partial charge is 0.343 e. The van der Waals surface area contributed by atoms with Crippen molar-refractivity contribution < 1.29 is 14.6 Å². The second-order valence-corrected chi connectivity index (χ2v) is 6.86. The minimum atomic E-state index is -1.76. The summed E-state index contributed by atoms with van der Waals surface area (Å²) in [7, 11) is 0. The summed E-state index contributed by atoms with van der Waals surface area (Å²) in [5, 5.41) is 11.6. The van der Waals surface area contributed by atoms with Gasteiger partial charge in [-0.05, 0) is 37.1 Å². The number of aryl methyl sites for hydroxylation is 1. The first-order chi connectivity index (χ1) is 12.9. The second kappa shape index (κ2) is 6.32. The fraction of sp³-hybridized carbons (Fsp3) is 0.286. The predicted octanol–water partition coefficient (Wildman–Crippen LogP) is 2.41. The van der Waals surface area contributed by atoms with Crippen molar-refractivity contribution in [1.29, 1.82) is 0 Å². The zero-order chi connectivity index (χ0) is 19.2. The molecule has 3 aromatic rings. The van der Waals surface area contributed by atoms with Gasteiger partial charge in [-0.1, -0.05) is 25.1 Å². The van der Waals surface area contributed by atoms with E-state index < -0.39 is 11.6 Å². The van der Waals surface area contributed by atoms with E-state index in [0.29, 0.717) is 17.7 Å². The number of rotatable bonds is 3. The Hall–Kier alpha value is -2.99. The summed E-state index contributed by atoms with van der Waals surface area (Å²) < 4.78 is 6.63. The molecule has 138 valence electrons. The van der Waals surface area contributed by atoms with E-state index in [1.165, 1.54) is 0 Å². The van der Waals surface area contributed by atoms with Crippen LogP contribution in [0.2, 0.25) is 0 Å². The SMILES string of the molecule is CC[C@@]1(O)C(=O)OCc2c1ccn(Cc1cc3ccccc3nc1C)c2=O. The average molecular weight is 364 g/mol. The summed E-state index contributed by atoms with van der Waals surface area (Å²) in [5.41, 5.74) is 1.36. The number of esters is 1. The van der Waals surface area contributed by atoms with Gasteiger partial charge in [0.05, 0.1) is 17.6 Å². The summed E-state index contributed by atoms with van der Waals surface area (Å²) in [5.74, 6) is -0.704. The van der Waals surface area contributed by atoms with E-state index >= 15 is 0 Å². The van der Waals surface area contributed by atoms with E-state index in [1.807, 2.05) is 37.3 Å². The van der Waals surface area contributed by atoms with Crippen molar-refractivity contribution in [1.82, 2.24) is 9.55 Å². The molecule has 3 heterocycles. The number of ether oxygens (including phenoxy) is 1. The van der Waals surface area contributed by atoms with Crippen LogP contribution in [-0.4, -0.2) is 20.6 Å². The van der Waals surface area contributed by atoms with Crippen LogP contribution < -0.4 is 5.56 Å². The molecule has 0 bridgehead atoms. The van der Waals surface area contributed by atoms with Crippen molar-refractivity contribution in [2.75, 3.05) is 0 Å². The van der Waals surface area contributed by atoms with Crippen LogP contribution in [0.1, 0.15) is 35.7 Å². The average Bonchev–Trinajstić information content (AvgIpc) is 2.67. The fourth-order valence-corrected chi connectivity index (χ4v) is 3.57. The summed E-state index contributed by atoms with van der Waals surface area (Å²) in [4.78, 5) is 29.5. The van der Waals surface area contributed by atoms with Crippen LogP contribution in [-0.2, 0) is 28.3 Å². The third-order valence-electron chi connectivity index (χ3n) is 5.27. The Labute approximate surface area is 156 Å². The number of hydrogen-bond donors (Lipinski definition) is 1. The Bertz CT molecular complexity index is 1120. The number of pyridine rings is 2. The molecule has 6 heteroatoms. The van der Waals surface area contributed by atoms with Crippen molar-refractivity contribution in [3.05, 3.63) is 75.3 Å². The lowest BCUT2D eigenvalue weighted by atomic mass is 9.87. The lowest BCUT2D eigenvalue weighted by Crippen LogP contribution is -2.44. The largest absolute Gasteiger partial charge is 0.458 e. The molecule has 0 unspecified atom stereocenters. The van der Waals surface area contributed by atoms with Crippen LogP contribution in [0, 0.1) is 6.92 Å². The molecule has 0 fully saturated rings. The summed E-state index contributed by atoms with van der Waals surface area (Å²) >= 11 is 0. The van der Waals surface area contributed by atoms with Gasteiger partial charge < -0.3 is 14.4 Å². The molecule has 6 nitrogen and oxygen atoms in total. The topological polar surface area (TPSA) is 81.4 Å². The number of fused-ring (bicyclic) bond motifs is 2. The van der Waals surface area contributed by atoms with Gasteiger partial charge in [-0.15, -0.1) is 0 Å². The van der Waals surface area contributed by atoms with E-state index in [0.717, 1.165) is 22.2 Å². The van der Waals surface area contributed by atoms with E-state index in [1.54, 1.807) is 23.8 Å². The maximum Gasteiger partial charge on any atom is 0.343 e. The Morgan fingerprint density at radius 2 is 2.04 bits per heavy atom. The molecule has 1 aliphatic heterocycles. The number of cyclic esters (lactones) is 1. The highest BCUT2D eigenvalue weighted by Gasteiger charge is 2.44. The van der Waals surface area contributed by atoms with Gasteiger partial charge in [-0.25, -0.2) is 4.79 Å². The summed E-state index contributed by atoms with van der Waals surface area (Å²) in [6, 6.07) is 11.5. The van der Waals surface area contributed by atoms with E-state index in [4.69, 9.17) is 4.74 Å². The standard InChI is InChI=1S/C21H20N2O4/c1-3-21(26)17-8-9-23(19(24)16(17)12-27-20(21)25)11-15-10-14-6-4-5-7-18(14)22-13(15)2/h4-10,26H,3,11-12H2,1-2H3/t21-/m0/s1. The number of aliphatic hydroxyl groups is 1. The molecule has 1 N–H and O–H groups in total. The lowest BCUT2D eigenvalue weighted by Gasteiger charge is -2.31. The highest BCUT2D eigenvalue weighted by Crippen LogP contribution is 2.32. The monoisotopic (exact) mass is 364 g/mol. The molecule has 0 amide bonds. The maximum atomic E-state index is 12.9. The molecule has 2 aromatic heterocycles. The van der Waals surface area contributed by atoms with Crippen LogP contribution in [0.4, 0.5) is 0 Å². The summed E-state index contributed by atoms with van der Waals surface area (Å²) in [6.07, 6.45) is 1.77. The van der Waals surface area contributed by atoms with Crippen LogP contribution in [0.25, 0.3) is 10.9 Å². The van der Waals surface area contributed by atoms with Crippen LogP contribution in [0.3, 0.4) is 0 Å². The Kier molecular flexibility index (Phi) is 4.08. The zero-order valence-corrected chi connectivity index (χ0v) is 15.2. The van der Waals surface area contributed by atoms with Gasteiger partial charge >= 0.3 is 5.97 Å². The Morgan fingerprint density at radius 3 is 2.81 bits per heavy atom. The van der Waals surface area contributed by atoms with Crippen LogP contribution in [0.5, 0.6) is 0 Å². The number of carbonyl (C=O) groups excluding carboxylic acids is 1. The van der Waals surface area contributed by atoms with Gasteiger partial charge in [0, 0.05) is 22.8 Å². The lowest BCUT2D eigenvalue weighted by molar-refractivity contribution is -0.172. The van der Waals surface area contributed by atoms with Crippen LogP contribution >= 0.6 is 0 Å². The number of para-hydroxylation sites is 1. The van der Waals surface area contributed by atoms with E-state index in [2.05, 4.69) is 4.98 Å². The molecule has 0 aliphatic carbocycles. The molecular weight excluding hydrogens is 344 g/mol. The Morgan fingerprint density at radius 1 is 1.26 bits per heavy atom. The number of hydrogen-bond acceptors (Lipinski definition) is 5. The minimum Gasteiger partial charge on any atom is -0.458 e. The molecule has 4 rings (SSSR count). The van der Waals surface area contributed by atoms with E-state index in [-0.39, 0.29) is 18.6 Å². The van der Waals surface area contributed by atoms with Gasteiger partial charge in [0.2, 0.25) is 0 Å². The first-order valence-corrected chi connectivity index (χ1v) is 8.91. The molecule has 0 saturated carbocycles. The molecule has 0 saturated heterocycles. The zero-order valence-electron chi connectivity index (χ0n) is 15.2. The third kappa shape index (κ3) is 2.73. The summed E-state index contributed by atoms with van der Waals surface area (Å²) in [6.45, 7) is 3.84. The Balaban J connectivity index is 1.78. The van der Waals surface area contributed by atoms with Crippen molar-refractivity contribution in [3.8, 4) is 0 Å². The van der Waals surface area contributed by atoms with Gasteiger partial charge in [0.15, 0.2) is 5.60 Å². The molecule has 1 aliphatic rings. The minimum absolute atomic E-state index is 0.120. The normalized spacial score (nSPS) is 19.0. The van der Waals surface area contributed by atoms with Crippen molar-refractivity contribution in [2.24, 2.45) is 0 Å². The highest BCUT2D eigenvalue weighted by molar-refractivity contribution is 5.83. The van der Waals surface area contributed by atoms with Gasteiger partial charge in [0.1, 0.15) is 6.61 Å². The van der Waals surface area contributed by atoms with Crippen molar-refractivity contribution >= 4 is 16.9 Å². The molecule has 1 atom stereocenters. The molecule has 0 spiro atoms. The molecule has 0 radical (unpaired) electrons.